The van der Waals surface area contributed by atoms with Crippen LogP contribution in [0.1, 0.15) is 6.42 Å². The fourth-order valence-electron chi connectivity index (χ4n) is 3.06. The van der Waals surface area contributed by atoms with Gasteiger partial charge in [0.2, 0.25) is 5.91 Å². The number of amides is 1. The van der Waals surface area contributed by atoms with Crippen LogP contribution in [-0.4, -0.2) is 43.6 Å². The summed E-state index contributed by atoms with van der Waals surface area (Å²) in [6.45, 7) is 4.15. The van der Waals surface area contributed by atoms with Crippen LogP contribution in [0.4, 0.5) is 0 Å². The second-order valence-corrected chi connectivity index (χ2v) is 6.49. The zero-order valence-electron chi connectivity index (χ0n) is 11.6. The molecule has 2 saturated heterocycles. The number of nitrogens with zero attached hydrogens (tertiary/aromatic N) is 1. The maximum Gasteiger partial charge on any atom is 0.226 e. The Hall–Kier alpha value is -0.970. The van der Waals surface area contributed by atoms with Crippen LogP contribution in [0.5, 0.6) is 5.75 Å². The summed E-state index contributed by atoms with van der Waals surface area (Å²) in [5.41, 5.74) is 0. The minimum atomic E-state index is 0.162. The van der Waals surface area contributed by atoms with Gasteiger partial charge in [0, 0.05) is 31.2 Å². The third-order valence-electron chi connectivity index (χ3n) is 4.21. The van der Waals surface area contributed by atoms with E-state index < -0.39 is 0 Å². The van der Waals surface area contributed by atoms with Gasteiger partial charge in [-0.25, -0.2) is 0 Å². The van der Waals surface area contributed by atoms with Gasteiger partial charge < -0.3 is 15.0 Å². The molecule has 0 radical (unpaired) electrons. The number of ether oxygens (including phenoxy) is 1. The van der Waals surface area contributed by atoms with Gasteiger partial charge in [-0.3, -0.25) is 4.79 Å². The van der Waals surface area contributed by atoms with Crippen LogP contribution in [-0.2, 0) is 4.79 Å². The number of benzene rings is 1. The molecular weight excluding hydrogens is 311 g/mol. The van der Waals surface area contributed by atoms with Crippen molar-refractivity contribution in [3.8, 4) is 5.75 Å². The van der Waals surface area contributed by atoms with Crippen LogP contribution in [0.2, 0.25) is 10.0 Å². The Bertz CT molecular complexity index is 526. The quantitative estimate of drug-likeness (QED) is 0.923. The second kappa shape index (κ2) is 6.42. The number of rotatable bonds is 4. The van der Waals surface area contributed by atoms with Crippen LogP contribution < -0.4 is 10.1 Å². The highest BCUT2D eigenvalue weighted by Crippen LogP contribution is 2.28. The van der Waals surface area contributed by atoms with E-state index in [1.165, 1.54) is 0 Å². The average Bonchev–Trinajstić information content (AvgIpc) is 3.02. The Morgan fingerprint density at radius 3 is 2.67 bits per heavy atom. The van der Waals surface area contributed by atoms with Gasteiger partial charge in [0.15, 0.2) is 0 Å². The highest BCUT2D eigenvalue weighted by Gasteiger charge is 2.37. The van der Waals surface area contributed by atoms with Crippen LogP contribution in [0, 0.1) is 11.8 Å². The second-order valence-electron chi connectivity index (χ2n) is 5.65. The van der Waals surface area contributed by atoms with Crippen LogP contribution in [0.15, 0.2) is 18.2 Å². The molecule has 4 nitrogen and oxygen atoms in total. The van der Waals surface area contributed by atoms with Crippen LogP contribution in [0.3, 0.4) is 0 Å². The molecule has 2 atom stereocenters. The first-order chi connectivity index (χ1) is 10.1. The fraction of sp³-hybridized carbons (Fsp3) is 0.533. The summed E-state index contributed by atoms with van der Waals surface area (Å²) in [5.74, 6) is 1.98. The van der Waals surface area contributed by atoms with Crippen molar-refractivity contribution >= 4 is 29.1 Å². The summed E-state index contributed by atoms with van der Waals surface area (Å²) < 4.78 is 5.57. The Morgan fingerprint density at radius 2 is 2.00 bits per heavy atom. The number of fused-ring (bicyclic) bond motifs is 1. The first-order valence-electron chi connectivity index (χ1n) is 7.20. The van der Waals surface area contributed by atoms with Crippen LogP contribution >= 0.6 is 23.2 Å². The van der Waals surface area contributed by atoms with Crippen molar-refractivity contribution in [3.63, 3.8) is 0 Å². The van der Waals surface area contributed by atoms with Crippen molar-refractivity contribution in [2.75, 3.05) is 32.8 Å². The lowest BCUT2D eigenvalue weighted by atomic mass is 10.0. The zero-order chi connectivity index (χ0) is 14.8. The summed E-state index contributed by atoms with van der Waals surface area (Å²) in [4.78, 5) is 14.1. The molecule has 6 heteroatoms. The SMILES string of the molecule is O=C(CCOc1ccc(Cl)cc1Cl)N1C[C@H]2CNC[C@H]2C1. The van der Waals surface area contributed by atoms with E-state index in [1.54, 1.807) is 18.2 Å². The number of hydrogen-bond acceptors (Lipinski definition) is 3. The zero-order valence-corrected chi connectivity index (χ0v) is 13.2. The Kier molecular flexibility index (Phi) is 4.57. The maximum absolute atomic E-state index is 12.2. The Balaban J connectivity index is 1.46. The van der Waals surface area contributed by atoms with E-state index in [-0.39, 0.29) is 5.91 Å². The first kappa shape index (κ1) is 14.9. The van der Waals surface area contributed by atoms with E-state index in [2.05, 4.69) is 5.32 Å². The van der Waals surface area contributed by atoms with Crippen molar-refractivity contribution in [2.24, 2.45) is 11.8 Å². The standard InChI is InChI=1S/C15H18Cl2N2O2/c16-12-1-2-14(13(17)5-12)21-4-3-15(20)19-8-10-6-18-7-11(10)9-19/h1-2,5,10-11,18H,3-4,6-9H2/t10-,11+. The lowest BCUT2D eigenvalue weighted by Crippen LogP contribution is -2.32. The number of hydrogen-bond donors (Lipinski definition) is 1. The Labute approximate surface area is 134 Å². The number of carbonyl (C=O) groups excluding carboxylic acids is 1. The molecule has 0 spiro atoms. The molecule has 3 rings (SSSR count). The van der Waals surface area contributed by atoms with Gasteiger partial charge in [0.25, 0.3) is 0 Å². The molecule has 1 aromatic rings. The van der Waals surface area contributed by atoms with Gasteiger partial charge in [-0.2, -0.15) is 0 Å². The minimum Gasteiger partial charge on any atom is -0.491 e. The summed E-state index contributed by atoms with van der Waals surface area (Å²) in [7, 11) is 0. The number of nitrogens with one attached hydrogen (secondary N) is 1. The average molecular weight is 329 g/mol. The minimum absolute atomic E-state index is 0.162. The van der Waals surface area contributed by atoms with Gasteiger partial charge in [0.05, 0.1) is 18.1 Å². The van der Waals surface area contributed by atoms with Gasteiger partial charge >= 0.3 is 0 Å². The summed E-state index contributed by atoms with van der Waals surface area (Å²) >= 11 is 11.9. The number of carbonyl (C=O) groups is 1. The molecule has 0 saturated carbocycles. The third-order valence-corrected chi connectivity index (χ3v) is 4.74. The highest BCUT2D eigenvalue weighted by molar-refractivity contribution is 6.35. The van der Waals surface area contributed by atoms with Crippen molar-refractivity contribution in [2.45, 2.75) is 6.42 Å². The lowest BCUT2D eigenvalue weighted by Gasteiger charge is -2.17. The topological polar surface area (TPSA) is 41.6 Å². The predicted octanol–water partition coefficient (Wildman–Crippen LogP) is 2.44. The van der Waals surface area contributed by atoms with Crippen molar-refractivity contribution in [1.82, 2.24) is 10.2 Å². The molecule has 0 unspecified atom stereocenters. The smallest absolute Gasteiger partial charge is 0.226 e. The predicted molar refractivity (Wildman–Crippen MR) is 83.0 cm³/mol. The molecule has 1 N–H and O–H groups in total. The van der Waals surface area contributed by atoms with E-state index in [4.69, 9.17) is 27.9 Å². The van der Waals surface area contributed by atoms with Crippen molar-refractivity contribution in [3.05, 3.63) is 28.2 Å². The van der Waals surface area contributed by atoms with E-state index in [0.29, 0.717) is 40.7 Å². The van der Waals surface area contributed by atoms with Gasteiger partial charge in [-0.05, 0) is 30.0 Å². The van der Waals surface area contributed by atoms with E-state index in [0.717, 1.165) is 26.2 Å². The summed E-state index contributed by atoms with van der Waals surface area (Å²) in [6.07, 6.45) is 0.381. The molecule has 1 amide bonds. The molecule has 2 fully saturated rings. The summed E-state index contributed by atoms with van der Waals surface area (Å²) in [5, 5.41) is 4.41. The van der Waals surface area contributed by atoms with Crippen molar-refractivity contribution < 1.29 is 9.53 Å². The molecule has 0 bridgehead atoms. The molecule has 0 aromatic heterocycles. The molecule has 114 valence electrons. The largest absolute Gasteiger partial charge is 0.491 e. The normalized spacial score (nSPS) is 24.2. The molecule has 1 aromatic carbocycles. The molecule has 2 aliphatic heterocycles. The van der Waals surface area contributed by atoms with Crippen LogP contribution in [0.25, 0.3) is 0 Å². The van der Waals surface area contributed by atoms with Gasteiger partial charge in [0.1, 0.15) is 5.75 Å². The molecule has 0 aliphatic carbocycles. The number of likely N-dealkylation sites (tertiary alicyclic amines) is 1. The van der Waals surface area contributed by atoms with E-state index in [1.807, 2.05) is 4.90 Å². The number of halogens is 2. The fourth-order valence-corrected chi connectivity index (χ4v) is 3.52. The van der Waals surface area contributed by atoms with Gasteiger partial charge in [-0.15, -0.1) is 0 Å². The monoisotopic (exact) mass is 328 g/mol. The lowest BCUT2D eigenvalue weighted by molar-refractivity contribution is -0.130. The maximum atomic E-state index is 12.2. The molecular formula is C15H18Cl2N2O2. The Morgan fingerprint density at radius 1 is 1.29 bits per heavy atom. The van der Waals surface area contributed by atoms with Crippen molar-refractivity contribution in [1.29, 1.82) is 0 Å². The third kappa shape index (κ3) is 3.44. The molecule has 2 heterocycles. The molecule has 2 aliphatic rings. The van der Waals surface area contributed by atoms with E-state index in [9.17, 15) is 4.79 Å². The molecule has 21 heavy (non-hydrogen) atoms. The highest BCUT2D eigenvalue weighted by atomic mass is 35.5. The summed E-state index contributed by atoms with van der Waals surface area (Å²) in [6, 6.07) is 5.08. The first-order valence-corrected chi connectivity index (χ1v) is 7.95. The van der Waals surface area contributed by atoms with Gasteiger partial charge in [-0.1, -0.05) is 23.2 Å². The van der Waals surface area contributed by atoms with E-state index >= 15 is 0 Å².